The summed E-state index contributed by atoms with van der Waals surface area (Å²) in [5.41, 5.74) is 3.72. The molecule has 1 aromatic rings. The van der Waals surface area contributed by atoms with Gasteiger partial charge in [-0.05, 0) is 31.5 Å². The number of hydrogen-bond acceptors (Lipinski definition) is 6. The third-order valence-electron chi connectivity index (χ3n) is 2.90. The van der Waals surface area contributed by atoms with Crippen LogP contribution in [0.4, 0.5) is 5.69 Å². The second-order valence-electron chi connectivity index (χ2n) is 4.45. The van der Waals surface area contributed by atoms with E-state index in [0.717, 1.165) is 5.69 Å². The van der Waals surface area contributed by atoms with E-state index < -0.39 is 12.1 Å². The lowest BCUT2D eigenvalue weighted by Crippen LogP contribution is -2.43. The molecular formula is C14H17Cl2N3O3. The first-order valence-corrected chi connectivity index (χ1v) is 7.62. The Balaban J connectivity index is 1.96. The Morgan fingerprint density at radius 3 is 2.68 bits per heavy atom. The Kier molecular flexibility index (Phi) is 5.90. The average molecular weight is 346 g/mol. The van der Waals surface area contributed by atoms with Crippen molar-refractivity contribution >= 4 is 34.9 Å². The molecule has 1 N–H and O–H groups in total. The number of esters is 1. The monoisotopic (exact) mass is 345 g/mol. The van der Waals surface area contributed by atoms with Gasteiger partial charge in [0.2, 0.25) is 0 Å². The summed E-state index contributed by atoms with van der Waals surface area (Å²) in [6.07, 6.45) is 3.20. The van der Waals surface area contributed by atoms with Crippen molar-refractivity contribution < 1.29 is 14.4 Å². The average Bonchev–Trinajstić information content (AvgIpc) is 2.96. The first kappa shape index (κ1) is 16.9. The number of hydrogen-bond donors (Lipinski definition) is 1. The summed E-state index contributed by atoms with van der Waals surface area (Å²) >= 11 is 11.9. The molecule has 2 rings (SSSR count). The first-order chi connectivity index (χ1) is 10.5. The summed E-state index contributed by atoms with van der Waals surface area (Å²) in [5.74, 6) is -0.395. The largest absolute Gasteiger partial charge is 0.464 e. The van der Waals surface area contributed by atoms with E-state index in [1.54, 1.807) is 42.5 Å². The van der Waals surface area contributed by atoms with Crippen LogP contribution in [-0.2, 0) is 14.4 Å². The summed E-state index contributed by atoms with van der Waals surface area (Å²) in [6, 6.07) is 5.22. The number of benzene rings is 1. The van der Waals surface area contributed by atoms with Crippen LogP contribution in [0.2, 0.25) is 10.0 Å². The highest BCUT2D eigenvalue weighted by molar-refractivity contribution is 6.42. The van der Waals surface area contributed by atoms with E-state index in [0.29, 0.717) is 23.1 Å². The number of carbonyl (C=O) groups excluding carboxylic acids is 1. The number of rotatable bonds is 6. The third kappa shape index (κ3) is 4.04. The lowest BCUT2D eigenvalue weighted by Gasteiger charge is -2.24. The van der Waals surface area contributed by atoms with Crippen molar-refractivity contribution in [2.24, 2.45) is 0 Å². The second kappa shape index (κ2) is 7.69. The van der Waals surface area contributed by atoms with Gasteiger partial charge in [0.15, 0.2) is 6.10 Å². The standard InChI is InChI=1S/C14H17Cl2N3O3/c1-3-13(14(20)21-4-2)22-19-8-7-18(17-19)10-5-6-11(15)12(16)9-10/h5-9,13,17H,3-4H2,1-2H3. The van der Waals surface area contributed by atoms with Gasteiger partial charge in [0.05, 0.1) is 28.5 Å². The fraction of sp³-hybridized carbons (Fsp3) is 0.357. The van der Waals surface area contributed by atoms with Crippen LogP contribution in [0.5, 0.6) is 0 Å². The van der Waals surface area contributed by atoms with Gasteiger partial charge in [-0.25, -0.2) is 9.63 Å². The molecule has 22 heavy (non-hydrogen) atoms. The molecule has 0 amide bonds. The molecule has 0 saturated heterocycles. The summed E-state index contributed by atoms with van der Waals surface area (Å²) in [5, 5.41) is 3.95. The highest BCUT2D eigenvalue weighted by Crippen LogP contribution is 2.27. The van der Waals surface area contributed by atoms with Crippen LogP contribution in [0.3, 0.4) is 0 Å². The van der Waals surface area contributed by atoms with Crippen LogP contribution in [0, 0.1) is 0 Å². The zero-order valence-electron chi connectivity index (χ0n) is 12.3. The quantitative estimate of drug-likeness (QED) is 0.798. The van der Waals surface area contributed by atoms with Gasteiger partial charge in [-0.3, -0.25) is 5.01 Å². The van der Waals surface area contributed by atoms with Crippen molar-refractivity contribution in [3.63, 3.8) is 0 Å². The predicted molar refractivity (Wildman–Crippen MR) is 84.9 cm³/mol. The van der Waals surface area contributed by atoms with E-state index >= 15 is 0 Å². The Morgan fingerprint density at radius 2 is 2.05 bits per heavy atom. The van der Waals surface area contributed by atoms with Crippen molar-refractivity contribution in [3.05, 3.63) is 40.6 Å². The van der Waals surface area contributed by atoms with E-state index in [-0.39, 0.29) is 0 Å². The van der Waals surface area contributed by atoms with E-state index in [9.17, 15) is 4.79 Å². The van der Waals surface area contributed by atoms with Crippen LogP contribution in [0.15, 0.2) is 30.6 Å². The molecule has 1 aromatic carbocycles. The third-order valence-corrected chi connectivity index (χ3v) is 3.64. The molecule has 120 valence electrons. The molecule has 8 heteroatoms. The van der Waals surface area contributed by atoms with Crippen LogP contribution in [-0.4, -0.2) is 23.9 Å². The van der Waals surface area contributed by atoms with Gasteiger partial charge in [-0.15, -0.1) is 5.53 Å². The van der Waals surface area contributed by atoms with Crippen molar-refractivity contribution in [2.45, 2.75) is 26.4 Å². The van der Waals surface area contributed by atoms with Gasteiger partial charge in [-0.1, -0.05) is 30.1 Å². The van der Waals surface area contributed by atoms with Crippen molar-refractivity contribution in [2.75, 3.05) is 11.6 Å². The lowest BCUT2D eigenvalue weighted by atomic mass is 10.3. The Morgan fingerprint density at radius 1 is 1.27 bits per heavy atom. The van der Waals surface area contributed by atoms with E-state index in [4.69, 9.17) is 32.8 Å². The minimum atomic E-state index is -0.675. The molecule has 1 aliphatic heterocycles. The zero-order valence-corrected chi connectivity index (χ0v) is 13.8. The second-order valence-corrected chi connectivity index (χ2v) is 5.26. The molecule has 0 spiro atoms. The molecule has 0 aliphatic carbocycles. The van der Waals surface area contributed by atoms with Gasteiger partial charge in [-0.2, -0.15) is 5.17 Å². The molecule has 1 heterocycles. The lowest BCUT2D eigenvalue weighted by molar-refractivity contribution is -0.209. The molecule has 0 radical (unpaired) electrons. The molecule has 0 aromatic heterocycles. The van der Waals surface area contributed by atoms with E-state index in [2.05, 4.69) is 5.53 Å². The number of halogens is 2. The SMILES string of the molecule is CCOC(=O)C(CC)ON1C=CN(c2ccc(Cl)c(Cl)c2)N1. The maximum Gasteiger partial charge on any atom is 0.338 e. The molecule has 1 unspecified atom stereocenters. The summed E-state index contributed by atoms with van der Waals surface area (Å²) in [4.78, 5) is 17.3. The van der Waals surface area contributed by atoms with Crippen molar-refractivity contribution in [3.8, 4) is 0 Å². The van der Waals surface area contributed by atoms with Gasteiger partial charge in [0.25, 0.3) is 0 Å². The summed E-state index contributed by atoms with van der Waals surface area (Å²) in [6.45, 7) is 3.92. The Hall–Kier alpha value is -1.47. The molecule has 1 atom stereocenters. The molecule has 0 saturated carbocycles. The summed E-state index contributed by atoms with van der Waals surface area (Å²) in [7, 11) is 0. The first-order valence-electron chi connectivity index (χ1n) is 6.86. The predicted octanol–water partition coefficient (Wildman–Crippen LogP) is 3.28. The van der Waals surface area contributed by atoms with Gasteiger partial charge in [0, 0.05) is 6.20 Å². The van der Waals surface area contributed by atoms with Crippen LogP contribution in [0.1, 0.15) is 20.3 Å². The summed E-state index contributed by atoms with van der Waals surface area (Å²) < 4.78 is 4.96. The van der Waals surface area contributed by atoms with Crippen LogP contribution >= 0.6 is 23.2 Å². The van der Waals surface area contributed by atoms with E-state index in [1.165, 1.54) is 5.17 Å². The maximum atomic E-state index is 11.7. The van der Waals surface area contributed by atoms with Crippen molar-refractivity contribution in [1.29, 1.82) is 0 Å². The van der Waals surface area contributed by atoms with Crippen molar-refractivity contribution in [1.82, 2.24) is 10.7 Å². The molecule has 0 fully saturated rings. The molecule has 1 aliphatic rings. The minimum Gasteiger partial charge on any atom is -0.464 e. The smallest absolute Gasteiger partial charge is 0.338 e. The van der Waals surface area contributed by atoms with Gasteiger partial charge >= 0.3 is 5.97 Å². The maximum absolute atomic E-state index is 11.7. The van der Waals surface area contributed by atoms with Gasteiger partial charge < -0.3 is 4.74 Å². The number of nitrogens with one attached hydrogen (secondary N) is 1. The highest BCUT2D eigenvalue weighted by Gasteiger charge is 2.24. The minimum absolute atomic E-state index is 0.317. The molecule has 6 nitrogen and oxygen atoms in total. The number of anilines is 1. The topological polar surface area (TPSA) is 54.0 Å². The number of nitrogens with zero attached hydrogens (tertiary/aromatic N) is 2. The van der Waals surface area contributed by atoms with Crippen LogP contribution in [0.25, 0.3) is 0 Å². The highest BCUT2D eigenvalue weighted by atomic mass is 35.5. The molecule has 0 bridgehead atoms. The van der Waals surface area contributed by atoms with Gasteiger partial charge in [0.1, 0.15) is 0 Å². The number of hydrazine groups is 2. The van der Waals surface area contributed by atoms with Crippen LogP contribution < -0.4 is 10.5 Å². The normalized spacial score (nSPS) is 15.3. The molecular weight excluding hydrogens is 329 g/mol. The number of ether oxygens (including phenoxy) is 1. The Labute approximate surface area is 139 Å². The van der Waals surface area contributed by atoms with E-state index in [1.807, 2.05) is 6.92 Å². The zero-order chi connectivity index (χ0) is 16.1. The Bertz CT molecular complexity index is 568. The number of carbonyl (C=O) groups is 1. The number of hydroxylamine groups is 1. The fourth-order valence-corrected chi connectivity index (χ4v) is 2.09. The fourth-order valence-electron chi connectivity index (χ4n) is 1.79.